The number of carbonyl (C=O) groups excluding carboxylic acids is 1. The standard InChI is InChI=1S/C19H26F2N2O3/c1-2-26-15-5-3-14(4-6-15)18(7-9-25-10-8-18)12-23-17(24)16-11-19(20,21)13-22-16/h3-6,16,22H,2,7-13H2,1H3,(H,23,24). The highest BCUT2D eigenvalue weighted by Crippen LogP contribution is 2.35. The van der Waals surface area contributed by atoms with Gasteiger partial charge in [0.1, 0.15) is 5.75 Å². The van der Waals surface area contributed by atoms with Crippen LogP contribution in [0.5, 0.6) is 5.75 Å². The number of ether oxygens (including phenoxy) is 2. The molecule has 144 valence electrons. The molecule has 1 amide bonds. The number of rotatable bonds is 6. The predicted octanol–water partition coefficient (Wildman–Crippen LogP) is 2.25. The number of benzene rings is 1. The fourth-order valence-corrected chi connectivity index (χ4v) is 3.68. The van der Waals surface area contributed by atoms with Gasteiger partial charge in [0.15, 0.2) is 0 Å². The maximum absolute atomic E-state index is 13.3. The van der Waals surface area contributed by atoms with Crippen LogP contribution in [-0.2, 0) is 14.9 Å². The Hall–Kier alpha value is -1.73. The average Bonchev–Trinajstić information content (AvgIpc) is 3.01. The normalized spacial score (nSPS) is 24.2. The van der Waals surface area contributed by atoms with Gasteiger partial charge in [-0.2, -0.15) is 0 Å². The number of alkyl halides is 2. The lowest BCUT2D eigenvalue weighted by Crippen LogP contribution is -2.48. The van der Waals surface area contributed by atoms with E-state index in [1.807, 2.05) is 31.2 Å². The summed E-state index contributed by atoms with van der Waals surface area (Å²) in [6, 6.07) is 7.06. The molecule has 2 heterocycles. The summed E-state index contributed by atoms with van der Waals surface area (Å²) in [5, 5.41) is 5.49. The maximum Gasteiger partial charge on any atom is 0.262 e. The zero-order valence-corrected chi connectivity index (χ0v) is 15.0. The van der Waals surface area contributed by atoms with Crippen LogP contribution in [0.15, 0.2) is 24.3 Å². The molecule has 1 unspecified atom stereocenters. The number of hydrogen-bond acceptors (Lipinski definition) is 4. The fraction of sp³-hybridized carbons (Fsp3) is 0.632. The first-order valence-corrected chi connectivity index (χ1v) is 9.14. The summed E-state index contributed by atoms with van der Waals surface area (Å²) in [6.07, 6.45) is 1.10. The van der Waals surface area contributed by atoms with Crippen LogP contribution in [0.2, 0.25) is 0 Å². The molecule has 2 fully saturated rings. The van der Waals surface area contributed by atoms with Gasteiger partial charge in [-0.3, -0.25) is 10.1 Å². The molecule has 0 spiro atoms. The third-order valence-electron chi connectivity index (χ3n) is 5.25. The molecule has 2 saturated heterocycles. The van der Waals surface area contributed by atoms with E-state index in [1.54, 1.807) is 0 Å². The molecule has 1 aromatic carbocycles. The van der Waals surface area contributed by atoms with Gasteiger partial charge in [-0.15, -0.1) is 0 Å². The van der Waals surface area contributed by atoms with E-state index in [0.29, 0.717) is 26.4 Å². The van der Waals surface area contributed by atoms with Crippen molar-refractivity contribution >= 4 is 5.91 Å². The van der Waals surface area contributed by atoms with Gasteiger partial charge in [-0.05, 0) is 37.5 Å². The lowest BCUT2D eigenvalue weighted by atomic mass is 9.74. The van der Waals surface area contributed by atoms with Gasteiger partial charge in [0.2, 0.25) is 5.91 Å². The van der Waals surface area contributed by atoms with E-state index >= 15 is 0 Å². The van der Waals surface area contributed by atoms with E-state index < -0.39 is 24.9 Å². The summed E-state index contributed by atoms with van der Waals surface area (Å²) in [5.41, 5.74) is 0.856. The van der Waals surface area contributed by atoms with Crippen LogP contribution in [-0.4, -0.2) is 50.8 Å². The molecule has 0 aliphatic carbocycles. The lowest BCUT2D eigenvalue weighted by molar-refractivity contribution is -0.123. The second kappa shape index (κ2) is 7.88. The molecule has 2 aliphatic heterocycles. The Kier molecular flexibility index (Phi) is 5.77. The zero-order valence-electron chi connectivity index (χ0n) is 15.0. The van der Waals surface area contributed by atoms with Crippen LogP contribution in [0.3, 0.4) is 0 Å². The van der Waals surface area contributed by atoms with Gasteiger partial charge in [-0.1, -0.05) is 12.1 Å². The highest BCUT2D eigenvalue weighted by molar-refractivity contribution is 5.82. The molecule has 1 atom stereocenters. The largest absolute Gasteiger partial charge is 0.494 e. The summed E-state index contributed by atoms with van der Waals surface area (Å²) in [4.78, 5) is 12.3. The Morgan fingerprint density at radius 2 is 2.00 bits per heavy atom. The van der Waals surface area contributed by atoms with E-state index in [2.05, 4.69) is 10.6 Å². The fourth-order valence-electron chi connectivity index (χ4n) is 3.68. The van der Waals surface area contributed by atoms with Crippen LogP contribution in [0.25, 0.3) is 0 Å². The molecule has 3 rings (SSSR count). The Labute approximate surface area is 152 Å². The second-order valence-corrected chi connectivity index (χ2v) is 7.06. The molecule has 2 N–H and O–H groups in total. The third kappa shape index (κ3) is 4.32. The van der Waals surface area contributed by atoms with Gasteiger partial charge in [0.05, 0.1) is 19.2 Å². The van der Waals surface area contributed by atoms with Crippen LogP contribution >= 0.6 is 0 Å². The van der Waals surface area contributed by atoms with Gasteiger partial charge < -0.3 is 14.8 Å². The van der Waals surface area contributed by atoms with E-state index in [9.17, 15) is 13.6 Å². The number of hydrogen-bond donors (Lipinski definition) is 2. The monoisotopic (exact) mass is 368 g/mol. The van der Waals surface area contributed by atoms with E-state index in [-0.39, 0.29) is 11.3 Å². The minimum Gasteiger partial charge on any atom is -0.494 e. The minimum absolute atomic E-state index is 0.250. The van der Waals surface area contributed by atoms with Gasteiger partial charge in [0, 0.05) is 31.6 Å². The van der Waals surface area contributed by atoms with Crippen molar-refractivity contribution < 1.29 is 23.0 Å². The summed E-state index contributed by atoms with van der Waals surface area (Å²) in [7, 11) is 0. The first-order valence-electron chi connectivity index (χ1n) is 9.14. The molecule has 2 aliphatic rings. The molecular formula is C19H26F2N2O3. The van der Waals surface area contributed by atoms with Gasteiger partial charge in [-0.25, -0.2) is 8.78 Å². The number of halogens is 2. The Morgan fingerprint density at radius 1 is 1.31 bits per heavy atom. The molecule has 1 aromatic rings. The van der Waals surface area contributed by atoms with Crippen LogP contribution < -0.4 is 15.4 Å². The van der Waals surface area contributed by atoms with Crippen molar-refractivity contribution in [3.8, 4) is 5.75 Å². The van der Waals surface area contributed by atoms with E-state index in [1.165, 1.54) is 0 Å². The molecule has 0 saturated carbocycles. The molecule has 0 radical (unpaired) electrons. The highest BCUT2D eigenvalue weighted by atomic mass is 19.3. The van der Waals surface area contributed by atoms with Crippen molar-refractivity contribution in [2.75, 3.05) is 32.9 Å². The quantitative estimate of drug-likeness (QED) is 0.809. The summed E-state index contributed by atoms with van der Waals surface area (Å²) in [6.45, 7) is 3.74. The summed E-state index contributed by atoms with van der Waals surface area (Å²) in [5.74, 6) is -2.37. The predicted molar refractivity (Wildman–Crippen MR) is 93.7 cm³/mol. The Morgan fingerprint density at radius 3 is 2.58 bits per heavy atom. The topological polar surface area (TPSA) is 59.6 Å². The Balaban J connectivity index is 1.68. The third-order valence-corrected chi connectivity index (χ3v) is 5.25. The molecular weight excluding hydrogens is 342 g/mol. The number of nitrogens with one attached hydrogen (secondary N) is 2. The SMILES string of the molecule is CCOc1ccc(C2(CNC(=O)C3CC(F)(F)CN3)CCOCC2)cc1. The summed E-state index contributed by atoms with van der Waals surface area (Å²) < 4.78 is 37.6. The first kappa shape index (κ1) is 19.0. The van der Waals surface area contributed by atoms with Crippen molar-refractivity contribution in [1.82, 2.24) is 10.6 Å². The van der Waals surface area contributed by atoms with Crippen molar-refractivity contribution in [1.29, 1.82) is 0 Å². The molecule has 0 bridgehead atoms. The second-order valence-electron chi connectivity index (χ2n) is 7.06. The van der Waals surface area contributed by atoms with Crippen LogP contribution in [0, 0.1) is 0 Å². The van der Waals surface area contributed by atoms with Crippen molar-refractivity contribution in [3.63, 3.8) is 0 Å². The summed E-state index contributed by atoms with van der Waals surface area (Å²) >= 11 is 0. The number of amides is 1. The lowest BCUT2D eigenvalue weighted by Gasteiger charge is -2.38. The van der Waals surface area contributed by atoms with Gasteiger partial charge >= 0.3 is 0 Å². The molecule has 0 aromatic heterocycles. The molecule has 5 nitrogen and oxygen atoms in total. The highest BCUT2D eigenvalue weighted by Gasteiger charge is 2.43. The van der Waals surface area contributed by atoms with Gasteiger partial charge in [0.25, 0.3) is 5.92 Å². The number of carbonyl (C=O) groups is 1. The Bertz CT molecular complexity index is 616. The first-order chi connectivity index (χ1) is 12.4. The maximum atomic E-state index is 13.3. The minimum atomic E-state index is -2.81. The van der Waals surface area contributed by atoms with Crippen LogP contribution in [0.1, 0.15) is 31.7 Å². The molecule has 26 heavy (non-hydrogen) atoms. The van der Waals surface area contributed by atoms with Crippen LogP contribution in [0.4, 0.5) is 8.78 Å². The smallest absolute Gasteiger partial charge is 0.262 e. The average molecular weight is 368 g/mol. The van der Waals surface area contributed by atoms with Crippen molar-refractivity contribution in [3.05, 3.63) is 29.8 Å². The molecule has 7 heteroatoms. The van der Waals surface area contributed by atoms with Crippen molar-refractivity contribution in [2.45, 2.75) is 43.6 Å². The van der Waals surface area contributed by atoms with E-state index in [4.69, 9.17) is 9.47 Å². The van der Waals surface area contributed by atoms with Crippen molar-refractivity contribution in [2.24, 2.45) is 0 Å². The van der Waals surface area contributed by atoms with E-state index in [0.717, 1.165) is 24.2 Å². The zero-order chi connectivity index (χ0) is 18.6.